The van der Waals surface area contributed by atoms with E-state index in [-0.39, 0.29) is 25.9 Å². The third-order valence-electron chi connectivity index (χ3n) is 5.33. The molecular formula is C20H26O6. The molecule has 0 spiro atoms. The van der Waals surface area contributed by atoms with Crippen molar-refractivity contribution in [3.8, 4) is 0 Å². The van der Waals surface area contributed by atoms with E-state index < -0.39 is 34.2 Å². The van der Waals surface area contributed by atoms with E-state index in [2.05, 4.69) is 0 Å². The van der Waals surface area contributed by atoms with Crippen molar-refractivity contribution in [3.05, 3.63) is 35.9 Å². The summed E-state index contributed by atoms with van der Waals surface area (Å²) in [5.41, 5.74) is -2.72. The summed E-state index contributed by atoms with van der Waals surface area (Å²) in [7, 11) is 0. The van der Waals surface area contributed by atoms with Gasteiger partial charge >= 0.3 is 17.9 Å². The third-order valence-corrected chi connectivity index (χ3v) is 5.33. The van der Waals surface area contributed by atoms with Gasteiger partial charge in [-0.2, -0.15) is 0 Å². The first-order valence-corrected chi connectivity index (χ1v) is 8.69. The van der Waals surface area contributed by atoms with Crippen LogP contribution < -0.4 is 0 Å². The number of benzene rings is 1. The van der Waals surface area contributed by atoms with Crippen LogP contribution >= 0.6 is 0 Å². The van der Waals surface area contributed by atoms with E-state index in [0.29, 0.717) is 6.42 Å². The Morgan fingerprint density at radius 2 is 1.35 bits per heavy atom. The number of carboxylic acids is 2. The summed E-state index contributed by atoms with van der Waals surface area (Å²) >= 11 is 0. The van der Waals surface area contributed by atoms with Crippen molar-refractivity contribution < 1.29 is 29.3 Å². The van der Waals surface area contributed by atoms with Crippen LogP contribution in [0.1, 0.15) is 45.6 Å². The van der Waals surface area contributed by atoms with Crippen molar-refractivity contribution in [2.45, 2.75) is 46.5 Å². The fourth-order valence-corrected chi connectivity index (χ4v) is 4.30. The number of aliphatic carboxylic acids is 2. The Kier molecular flexibility index (Phi) is 5.44. The molecule has 2 N–H and O–H groups in total. The second-order valence-corrected chi connectivity index (χ2v) is 8.19. The summed E-state index contributed by atoms with van der Waals surface area (Å²) in [5, 5.41) is 19.2. The van der Waals surface area contributed by atoms with E-state index >= 15 is 0 Å². The van der Waals surface area contributed by atoms with Crippen molar-refractivity contribution in [1.29, 1.82) is 0 Å². The molecule has 1 aliphatic rings. The number of rotatable bonds is 6. The molecule has 1 fully saturated rings. The van der Waals surface area contributed by atoms with Gasteiger partial charge in [-0.25, -0.2) is 0 Å². The lowest BCUT2D eigenvalue weighted by molar-refractivity contribution is -0.177. The standard InChI is InChI=1S/C20H26O6/c1-18(15(21)22)11-19(2,16(23)24)13-20(3,12-18)17(25)26-10-9-14-7-5-4-6-8-14/h4-8H,9-13H2,1-3H3,(H,21,22)(H,23,24)/t18-,19+,20?. The summed E-state index contributed by atoms with van der Waals surface area (Å²) in [6.07, 6.45) is 0.650. The molecule has 0 heterocycles. The van der Waals surface area contributed by atoms with Crippen LogP contribution in [0.15, 0.2) is 30.3 Å². The largest absolute Gasteiger partial charge is 0.481 e. The molecule has 1 aliphatic carbocycles. The molecule has 1 aromatic carbocycles. The number of carboxylic acid groups (broad SMARTS) is 2. The average Bonchev–Trinajstić information content (AvgIpc) is 2.54. The van der Waals surface area contributed by atoms with E-state index in [0.717, 1.165) is 5.56 Å². The number of hydrogen-bond donors (Lipinski definition) is 2. The van der Waals surface area contributed by atoms with Crippen molar-refractivity contribution in [2.75, 3.05) is 6.61 Å². The van der Waals surface area contributed by atoms with Crippen LogP contribution in [-0.2, 0) is 25.5 Å². The molecule has 0 amide bonds. The Morgan fingerprint density at radius 1 is 0.885 bits per heavy atom. The Hall–Kier alpha value is -2.37. The van der Waals surface area contributed by atoms with E-state index in [9.17, 15) is 24.6 Å². The van der Waals surface area contributed by atoms with Gasteiger partial charge in [-0.05, 0) is 45.6 Å². The third kappa shape index (κ3) is 4.06. The molecule has 0 radical (unpaired) electrons. The molecule has 1 unspecified atom stereocenters. The number of carbonyl (C=O) groups is 3. The predicted octanol–water partition coefficient (Wildman–Crippen LogP) is 3.14. The van der Waals surface area contributed by atoms with E-state index in [4.69, 9.17) is 4.74 Å². The Labute approximate surface area is 153 Å². The maximum absolute atomic E-state index is 12.7. The molecule has 0 aliphatic heterocycles. The monoisotopic (exact) mass is 362 g/mol. The highest BCUT2D eigenvalue weighted by atomic mass is 16.5. The number of hydrogen-bond acceptors (Lipinski definition) is 4. The van der Waals surface area contributed by atoms with Gasteiger partial charge in [0.2, 0.25) is 0 Å². The van der Waals surface area contributed by atoms with E-state index in [1.165, 1.54) is 13.8 Å². The van der Waals surface area contributed by atoms with Gasteiger partial charge < -0.3 is 14.9 Å². The van der Waals surface area contributed by atoms with Crippen LogP contribution in [0.2, 0.25) is 0 Å². The van der Waals surface area contributed by atoms with Crippen molar-refractivity contribution in [2.24, 2.45) is 16.2 Å². The van der Waals surface area contributed by atoms with Crippen LogP contribution in [-0.4, -0.2) is 34.7 Å². The van der Waals surface area contributed by atoms with Crippen LogP contribution in [0.5, 0.6) is 0 Å². The zero-order chi connectivity index (χ0) is 19.6. The van der Waals surface area contributed by atoms with Gasteiger partial charge in [0.15, 0.2) is 0 Å². The highest BCUT2D eigenvalue weighted by molar-refractivity contribution is 5.84. The quantitative estimate of drug-likeness (QED) is 0.754. The fraction of sp³-hybridized carbons (Fsp3) is 0.550. The maximum Gasteiger partial charge on any atom is 0.311 e. The second kappa shape index (κ2) is 7.09. The Morgan fingerprint density at radius 3 is 1.81 bits per heavy atom. The molecule has 0 bridgehead atoms. The van der Waals surface area contributed by atoms with Gasteiger partial charge in [0, 0.05) is 6.42 Å². The Balaban J connectivity index is 2.14. The minimum Gasteiger partial charge on any atom is -0.481 e. The van der Waals surface area contributed by atoms with E-state index in [1.54, 1.807) is 6.92 Å². The molecule has 142 valence electrons. The fourth-order valence-electron chi connectivity index (χ4n) is 4.30. The predicted molar refractivity (Wildman–Crippen MR) is 94.5 cm³/mol. The maximum atomic E-state index is 12.7. The second-order valence-electron chi connectivity index (χ2n) is 8.19. The molecule has 26 heavy (non-hydrogen) atoms. The summed E-state index contributed by atoms with van der Waals surface area (Å²) in [5.74, 6) is -2.71. The van der Waals surface area contributed by atoms with Crippen molar-refractivity contribution in [1.82, 2.24) is 0 Å². The molecule has 2 rings (SSSR count). The highest BCUT2D eigenvalue weighted by Gasteiger charge is 2.58. The highest BCUT2D eigenvalue weighted by Crippen LogP contribution is 2.55. The Bertz CT molecular complexity index is 670. The number of carbonyl (C=O) groups excluding carboxylic acids is 1. The lowest BCUT2D eigenvalue weighted by atomic mass is 9.54. The lowest BCUT2D eigenvalue weighted by Crippen LogP contribution is -2.52. The van der Waals surface area contributed by atoms with Crippen molar-refractivity contribution >= 4 is 17.9 Å². The molecule has 6 heteroatoms. The van der Waals surface area contributed by atoms with Crippen LogP contribution in [0.25, 0.3) is 0 Å². The molecule has 3 atom stereocenters. The molecule has 1 saturated carbocycles. The molecule has 6 nitrogen and oxygen atoms in total. The summed E-state index contributed by atoms with van der Waals surface area (Å²) < 4.78 is 5.41. The topological polar surface area (TPSA) is 101 Å². The smallest absolute Gasteiger partial charge is 0.311 e. The SMILES string of the molecule is CC1(C(=O)OCCc2ccccc2)C[C@](C)(C(=O)O)C[C@](C)(C(=O)O)C1. The van der Waals surface area contributed by atoms with Gasteiger partial charge in [0.05, 0.1) is 22.9 Å². The normalized spacial score (nSPS) is 31.2. The molecule has 0 saturated heterocycles. The summed E-state index contributed by atoms with van der Waals surface area (Å²) in [6, 6.07) is 9.56. The van der Waals surface area contributed by atoms with Gasteiger partial charge in [0.1, 0.15) is 0 Å². The first kappa shape index (κ1) is 19.9. The number of esters is 1. The lowest BCUT2D eigenvalue weighted by Gasteiger charge is -2.47. The van der Waals surface area contributed by atoms with Gasteiger partial charge in [-0.1, -0.05) is 30.3 Å². The first-order chi connectivity index (χ1) is 12.0. The molecular weight excluding hydrogens is 336 g/mol. The van der Waals surface area contributed by atoms with Gasteiger partial charge in [-0.15, -0.1) is 0 Å². The number of ether oxygens (including phenoxy) is 1. The van der Waals surface area contributed by atoms with Gasteiger partial charge in [-0.3, -0.25) is 14.4 Å². The summed E-state index contributed by atoms with van der Waals surface area (Å²) in [6.45, 7) is 4.79. The first-order valence-electron chi connectivity index (χ1n) is 8.69. The minimum absolute atomic E-state index is 0.0163. The summed E-state index contributed by atoms with van der Waals surface area (Å²) in [4.78, 5) is 36.2. The van der Waals surface area contributed by atoms with Crippen LogP contribution in [0.3, 0.4) is 0 Å². The van der Waals surface area contributed by atoms with Crippen LogP contribution in [0, 0.1) is 16.2 Å². The molecule has 1 aromatic rings. The van der Waals surface area contributed by atoms with Gasteiger partial charge in [0.25, 0.3) is 0 Å². The zero-order valence-corrected chi connectivity index (χ0v) is 15.4. The van der Waals surface area contributed by atoms with Crippen LogP contribution in [0.4, 0.5) is 0 Å². The van der Waals surface area contributed by atoms with E-state index in [1.807, 2.05) is 30.3 Å². The van der Waals surface area contributed by atoms with Crippen molar-refractivity contribution in [3.63, 3.8) is 0 Å². The minimum atomic E-state index is -1.29. The average molecular weight is 362 g/mol. The molecule has 0 aromatic heterocycles. The zero-order valence-electron chi connectivity index (χ0n) is 15.4.